The number of nitrogens with one attached hydrogen (secondary N) is 1. The van der Waals surface area contributed by atoms with Gasteiger partial charge in [-0.2, -0.15) is 5.10 Å². The van der Waals surface area contributed by atoms with Gasteiger partial charge in [-0.15, -0.1) is 0 Å². The summed E-state index contributed by atoms with van der Waals surface area (Å²) in [4.78, 5) is 7.64. The van der Waals surface area contributed by atoms with Crippen molar-refractivity contribution in [3.8, 4) is 17.3 Å². The molecule has 1 aromatic carbocycles. The average Bonchev–Trinajstić information content (AvgIpc) is 3.15. The molecule has 0 unspecified atom stereocenters. The van der Waals surface area contributed by atoms with Crippen LogP contribution in [-0.4, -0.2) is 19.7 Å². The number of hydrogen-bond acceptors (Lipinski definition) is 3. The maximum absolute atomic E-state index is 13.1. The Bertz CT molecular complexity index is 736. The summed E-state index contributed by atoms with van der Waals surface area (Å²) < 4.78 is 20.5. The van der Waals surface area contributed by atoms with Crippen molar-refractivity contribution in [1.82, 2.24) is 19.7 Å². The van der Waals surface area contributed by atoms with Crippen LogP contribution in [0.5, 0.6) is 5.75 Å². The summed E-state index contributed by atoms with van der Waals surface area (Å²) in [5.74, 6) is 1.49. The molecule has 0 aliphatic heterocycles. The maximum Gasteiger partial charge on any atom is 0.188 e. The number of ether oxygens (including phenoxy) is 1. The number of nitrogens with zero attached hydrogens (tertiary/aromatic N) is 3. The zero-order valence-electron chi connectivity index (χ0n) is 12.3. The van der Waals surface area contributed by atoms with Gasteiger partial charge < -0.3 is 9.72 Å². The van der Waals surface area contributed by atoms with Gasteiger partial charge in [0.25, 0.3) is 0 Å². The summed E-state index contributed by atoms with van der Waals surface area (Å²) in [7, 11) is 0. The smallest absolute Gasteiger partial charge is 0.188 e. The fourth-order valence-electron chi connectivity index (χ4n) is 2.19. The third kappa shape index (κ3) is 3.16. The average molecular weight is 300 g/mol. The molecular weight excluding hydrogens is 283 g/mol. The molecule has 3 rings (SSSR count). The van der Waals surface area contributed by atoms with Crippen LogP contribution in [-0.2, 0) is 13.2 Å². The molecule has 0 bridgehead atoms. The Balaban J connectivity index is 1.78. The molecule has 6 heteroatoms. The molecule has 0 aliphatic carbocycles. The predicted octanol–water partition coefficient (Wildman–Crippen LogP) is 3.40. The third-order valence-corrected chi connectivity index (χ3v) is 3.15. The Labute approximate surface area is 127 Å². The van der Waals surface area contributed by atoms with Crippen molar-refractivity contribution in [3.63, 3.8) is 0 Å². The van der Waals surface area contributed by atoms with Gasteiger partial charge in [0.1, 0.15) is 18.2 Å². The van der Waals surface area contributed by atoms with Crippen molar-refractivity contribution >= 4 is 0 Å². The van der Waals surface area contributed by atoms with Crippen LogP contribution in [0.25, 0.3) is 11.5 Å². The van der Waals surface area contributed by atoms with Crippen LogP contribution in [0.15, 0.2) is 42.6 Å². The molecule has 0 saturated carbocycles. The van der Waals surface area contributed by atoms with Gasteiger partial charge in [-0.1, -0.05) is 13.0 Å². The molecule has 0 spiro atoms. The first kappa shape index (κ1) is 14.3. The lowest BCUT2D eigenvalue weighted by molar-refractivity contribution is 0.293. The van der Waals surface area contributed by atoms with Crippen LogP contribution in [0.2, 0.25) is 0 Å². The Kier molecular flexibility index (Phi) is 4.18. The van der Waals surface area contributed by atoms with Crippen molar-refractivity contribution in [3.05, 3.63) is 54.2 Å². The largest absolute Gasteiger partial charge is 0.485 e. The van der Waals surface area contributed by atoms with Crippen molar-refractivity contribution in [2.24, 2.45) is 0 Å². The van der Waals surface area contributed by atoms with E-state index in [9.17, 15) is 4.39 Å². The van der Waals surface area contributed by atoms with Gasteiger partial charge in [0.05, 0.1) is 5.69 Å². The van der Waals surface area contributed by atoms with Crippen LogP contribution >= 0.6 is 0 Å². The molecule has 2 aromatic heterocycles. The molecule has 0 fully saturated rings. The standard InChI is InChI=1S/C16H17FN4O/c1-2-9-21-16(14-7-4-8-18-14)19-15(20-21)11-22-13-6-3-5-12(17)10-13/h3-8,10,18H,2,9,11H2,1H3. The molecule has 1 N–H and O–H groups in total. The molecule has 114 valence electrons. The highest BCUT2D eigenvalue weighted by Gasteiger charge is 2.12. The summed E-state index contributed by atoms with van der Waals surface area (Å²) >= 11 is 0. The number of aryl methyl sites for hydroxylation is 1. The zero-order valence-corrected chi connectivity index (χ0v) is 12.3. The Hall–Kier alpha value is -2.63. The highest BCUT2D eigenvalue weighted by Crippen LogP contribution is 2.17. The van der Waals surface area contributed by atoms with E-state index < -0.39 is 0 Å². The minimum Gasteiger partial charge on any atom is -0.485 e. The highest BCUT2D eigenvalue weighted by atomic mass is 19.1. The van der Waals surface area contributed by atoms with E-state index >= 15 is 0 Å². The van der Waals surface area contributed by atoms with Gasteiger partial charge in [0.2, 0.25) is 0 Å². The van der Waals surface area contributed by atoms with Crippen LogP contribution in [0.1, 0.15) is 19.2 Å². The summed E-state index contributed by atoms with van der Waals surface area (Å²) in [6, 6.07) is 9.91. The second-order valence-corrected chi connectivity index (χ2v) is 4.90. The van der Waals surface area contributed by atoms with E-state index in [1.165, 1.54) is 12.1 Å². The van der Waals surface area contributed by atoms with E-state index in [4.69, 9.17) is 4.74 Å². The number of aromatic nitrogens is 4. The number of benzene rings is 1. The van der Waals surface area contributed by atoms with E-state index in [1.54, 1.807) is 12.1 Å². The van der Waals surface area contributed by atoms with Gasteiger partial charge in [0, 0.05) is 18.8 Å². The normalized spacial score (nSPS) is 10.8. The third-order valence-electron chi connectivity index (χ3n) is 3.15. The number of rotatable bonds is 6. The van der Waals surface area contributed by atoms with E-state index in [0.717, 1.165) is 24.5 Å². The Morgan fingerprint density at radius 3 is 2.91 bits per heavy atom. The van der Waals surface area contributed by atoms with Crippen molar-refractivity contribution in [1.29, 1.82) is 0 Å². The lowest BCUT2D eigenvalue weighted by atomic mass is 10.3. The second-order valence-electron chi connectivity index (χ2n) is 4.90. The number of aromatic amines is 1. The van der Waals surface area contributed by atoms with E-state index in [0.29, 0.717) is 11.6 Å². The van der Waals surface area contributed by atoms with Crippen molar-refractivity contribution < 1.29 is 9.13 Å². The van der Waals surface area contributed by atoms with Gasteiger partial charge in [-0.3, -0.25) is 0 Å². The van der Waals surface area contributed by atoms with Crippen molar-refractivity contribution in [2.45, 2.75) is 26.5 Å². The first-order chi connectivity index (χ1) is 10.8. The number of halogens is 1. The molecule has 0 aliphatic rings. The predicted molar refractivity (Wildman–Crippen MR) is 80.8 cm³/mol. The quantitative estimate of drug-likeness (QED) is 0.759. The molecule has 0 amide bonds. The zero-order chi connectivity index (χ0) is 15.4. The molecule has 0 radical (unpaired) electrons. The summed E-state index contributed by atoms with van der Waals surface area (Å²) in [5, 5.41) is 4.46. The van der Waals surface area contributed by atoms with E-state index in [2.05, 4.69) is 22.0 Å². The SMILES string of the molecule is CCCn1nc(COc2cccc(F)c2)nc1-c1ccc[nH]1. The van der Waals surface area contributed by atoms with Crippen LogP contribution in [0.4, 0.5) is 4.39 Å². The summed E-state index contributed by atoms with van der Waals surface area (Å²) in [6.45, 7) is 3.07. The molecule has 5 nitrogen and oxygen atoms in total. The highest BCUT2D eigenvalue weighted by molar-refractivity contribution is 5.49. The maximum atomic E-state index is 13.1. The van der Waals surface area contributed by atoms with Crippen LogP contribution < -0.4 is 4.74 Å². The van der Waals surface area contributed by atoms with Gasteiger partial charge in [-0.05, 0) is 30.7 Å². The molecule has 0 saturated heterocycles. The van der Waals surface area contributed by atoms with Crippen molar-refractivity contribution in [2.75, 3.05) is 0 Å². The van der Waals surface area contributed by atoms with Crippen LogP contribution in [0, 0.1) is 5.82 Å². The topological polar surface area (TPSA) is 55.7 Å². The van der Waals surface area contributed by atoms with Gasteiger partial charge in [-0.25, -0.2) is 14.1 Å². The number of H-pyrrole nitrogens is 1. The number of hydrogen-bond donors (Lipinski definition) is 1. The minimum absolute atomic E-state index is 0.202. The summed E-state index contributed by atoms with van der Waals surface area (Å²) in [6.07, 6.45) is 2.81. The van der Waals surface area contributed by atoms with Crippen LogP contribution in [0.3, 0.4) is 0 Å². The second kappa shape index (κ2) is 6.43. The van der Waals surface area contributed by atoms with E-state index in [-0.39, 0.29) is 12.4 Å². The van der Waals surface area contributed by atoms with Gasteiger partial charge >= 0.3 is 0 Å². The molecule has 0 atom stereocenters. The lowest BCUT2D eigenvalue weighted by Crippen LogP contribution is -2.03. The first-order valence-electron chi connectivity index (χ1n) is 7.22. The fraction of sp³-hybridized carbons (Fsp3) is 0.250. The monoisotopic (exact) mass is 300 g/mol. The fourth-order valence-corrected chi connectivity index (χ4v) is 2.19. The Morgan fingerprint density at radius 2 is 2.18 bits per heavy atom. The summed E-state index contributed by atoms with van der Waals surface area (Å²) in [5.41, 5.74) is 0.915. The molecule has 3 aromatic rings. The van der Waals surface area contributed by atoms with E-state index in [1.807, 2.05) is 23.0 Å². The van der Waals surface area contributed by atoms with Gasteiger partial charge in [0.15, 0.2) is 11.6 Å². The minimum atomic E-state index is -0.325. The lowest BCUT2D eigenvalue weighted by Gasteiger charge is -2.02. The molecule has 22 heavy (non-hydrogen) atoms. The molecule has 2 heterocycles. The molecular formula is C16H17FN4O. The first-order valence-corrected chi connectivity index (χ1v) is 7.22. The Morgan fingerprint density at radius 1 is 1.27 bits per heavy atom.